The number of aliphatic hydroxyl groups excluding tert-OH is 1. The van der Waals surface area contributed by atoms with Gasteiger partial charge < -0.3 is 26.0 Å². The number of aliphatic hydroxyl groups is 2. The molecular weight excluding hydrogens is 628 g/mol. The van der Waals surface area contributed by atoms with Crippen molar-refractivity contribution in [1.29, 1.82) is 0 Å². The lowest BCUT2D eigenvalue weighted by atomic mass is 9.86. The molecule has 0 fully saturated rings. The van der Waals surface area contributed by atoms with Gasteiger partial charge in [-0.25, -0.2) is 9.97 Å². The van der Waals surface area contributed by atoms with Gasteiger partial charge >= 0.3 is 5.97 Å². The molecule has 11 heteroatoms. The fourth-order valence-corrected chi connectivity index (χ4v) is 5.94. The van der Waals surface area contributed by atoms with Gasteiger partial charge in [-0.15, -0.1) is 11.3 Å². The quantitative estimate of drug-likeness (QED) is 0.124. The number of hydrogen-bond donors (Lipinski definition) is 5. The van der Waals surface area contributed by atoms with E-state index in [9.17, 15) is 24.6 Å². The van der Waals surface area contributed by atoms with Crippen LogP contribution in [0.4, 0.5) is 0 Å². The summed E-state index contributed by atoms with van der Waals surface area (Å²) in [5.41, 5.74) is 4.56. The molecule has 0 aliphatic rings. The number of carboxylic acids is 1. The molecule has 0 aliphatic heterocycles. The molecule has 2 atom stereocenters. The third kappa shape index (κ3) is 9.79. The van der Waals surface area contributed by atoms with Crippen LogP contribution in [0.5, 0.6) is 0 Å². The van der Waals surface area contributed by atoms with Crippen molar-refractivity contribution in [2.45, 2.75) is 90.0 Å². The standard InChI is InChI=1S/C37H44N4O6S/c1-36(2,3)26-13-11-23(12-14-26)25-20-38-32(39-21-25)24-9-7-22(8-10-24)19-28(33(44)40-27(35(46)47)15-18-31(42)43)41-34(45)29-16-17-30(48-29)37(4,5)6/h7-14,16-17,20-21,27-28,35,46-47H,15,18-19H2,1-6H3,(H,40,44)(H,41,45)(H,42,43)/t27-,28+/m1/s1. The zero-order chi connectivity index (χ0) is 35.2. The molecule has 4 aromatic rings. The summed E-state index contributed by atoms with van der Waals surface area (Å²) in [6, 6.07) is 16.9. The predicted octanol–water partition coefficient (Wildman–Crippen LogP) is 5.47. The lowest BCUT2D eigenvalue weighted by Gasteiger charge is -2.24. The molecule has 4 rings (SSSR count). The summed E-state index contributed by atoms with van der Waals surface area (Å²) in [4.78, 5) is 48.4. The van der Waals surface area contributed by atoms with Crippen LogP contribution in [0.2, 0.25) is 0 Å². The molecule has 0 aliphatic carbocycles. The molecule has 2 aromatic heterocycles. The Kier molecular flexibility index (Phi) is 11.5. The predicted molar refractivity (Wildman–Crippen MR) is 187 cm³/mol. The normalized spacial score (nSPS) is 13.2. The summed E-state index contributed by atoms with van der Waals surface area (Å²) < 4.78 is 0. The molecule has 2 aromatic carbocycles. The van der Waals surface area contributed by atoms with Crippen molar-refractivity contribution in [2.75, 3.05) is 0 Å². The number of benzene rings is 2. The first kappa shape index (κ1) is 36.4. The highest BCUT2D eigenvalue weighted by Crippen LogP contribution is 2.30. The fraction of sp³-hybridized carbons (Fsp3) is 0.378. The Morgan fingerprint density at radius 2 is 1.38 bits per heavy atom. The van der Waals surface area contributed by atoms with Crippen LogP contribution in [0.15, 0.2) is 73.1 Å². The molecule has 0 saturated carbocycles. The van der Waals surface area contributed by atoms with Gasteiger partial charge in [0.05, 0.1) is 10.9 Å². The lowest BCUT2D eigenvalue weighted by Crippen LogP contribution is -2.53. The van der Waals surface area contributed by atoms with E-state index in [-0.39, 0.29) is 30.1 Å². The van der Waals surface area contributed by atoms with Crippen molar-refractivity contribution in [3.63, 3.8) is 0 Å². The van der Waals surface area contributed by atoms with E-state index < -0.39 is 36.2 Å². The molecule has 0 saturated heterocycles. The molecule has 254 valence electrons. The van der Waals surface area contributed by atoms with Crippen molar-refractivity contribution >= 4 is 29.1 Å². The summed E-state index contributed by atoms with van der Waals surface area (Å²) in [6.07, 6.45) is 1.10. The van der Waals surface area contributed by atoms with E-state index in [1.807, 2.05) is 51.1 Å². The Bertz CT molecular complexity index is 1700. The van der Waals surface area contributed by atoms with Gasteiger partial charge in [0.1, 0.15) is 6.04 Å². The second kappa shape index (κ2) is 15.2. The fourth-order valence-electron chi connectivity index (χ4n) is 4.97. The molecule has 0 spiro atoms. The van der Waals surface area contributed by atoms with E-state index in [1.54, 1.807) is 18.5 Å². The molecule has 0 bridgehead atoms. The number of rotatable bonds is 12. The Morgan fingerprint density at radius 3 is 1.90 bits per heavy atom. The summed E-state index contributed by atoms with van der Waals surface area (Å²) in [6.45, 7) is 12.7. The third-order valence-electron chi connectivity index (χ3n) is 7.94. The zero-order valence-electron chi connectivity index (χ0n) is 28.2. The monoisotopic (exact) mass is 672 g/mol. The average molecular weight is 673 g/mol. The van der Waals surface area contributed by atoms with Crippen LogP contribution in [-0.4, -0.2) is 61.4 Å². The van der Waals surface area contributed by atoms with Gasteiger partial charge in [0.25, 0.3) is 5.91 Å². The maximum atomic E-state index is 13.4. The molecule has 0 unspecified atom stereocenters. The number of aliphatic carboxylic acids is 1. The average Bonchev–Trinajstić information content (AvgIpc) is 3.54. The molecule has 48 heavy (non-hydrogen) atoms. The number of nitrogens with zero attached hydrogens (tertiary/aromatic N) is 2. The van der Waals surface area contributed by atoms with Crippen LogP contribution >= 0.6 is 11.3 Å². The maximum Gasteiger partial charge on any atom is 0.303 e. The first-order valence-corrected chi connectivity index (χ1v) is 16.6. The van der Waals surface area contributed by atoms with Crippen LogP contribution in [-0.2, 0) is 26.8 Å². The van der Waals surface area contributed by atoms with Crippen molar-refractivity contribution in [3.8, 4) is 22.5 Å². The number of carboxylic acid groups (broad SMARTS) is 1. The van der Waals surface area contributed by atoms with Crippen molar-refractivity contribution in [3.05, 3.63) is 93.9 Å². The second-order valence-corrected chi connectivity index (χ2v) is 15.0. The summed E-state index contributed by atoms with van der Waals surface area (Å²) in [5.74, 6) is -1.72. The number of thiophene rings is 1. The third-order valence-corrected chi connectivity index (χ3v) is 9.45. The Balaban J connectivity index is 1.51. The van der Waals surface area contributed by atoms with E-state index in [4.69, 9.17) is 5.11 Å². The summed E-state index contributed by atoms with van der Waals surface area (Å²) in [7, 11) is 0. The van der Waals surface area contributed by atoms with E-state index in [2.05, 4.69) is 65.6 Å². The zero-order valence-corrected chi connectivity index (χ0v) is 29.0. The van der Waals surface area contributed by atoms with Crippen molar-refractivity contribution in [2.24, 2.45) is 0 Å². The van der Waals surface area contributed by atoms with Crippen LogP contribution in [0.3, 0.4) is 0 Å². The second-order valence-electron chi connectivity index (χ2n) is 13.9. The van der Waals surface area contributed by atoms with Crippen LogP contribution in [0.25, 0.3) is 22.5 Å². The first-order chi connectivity index (χ1) is 22.5. The minimum atomic E-state index is -1.98. The van der Waals surface area contributed by atoms with Crippen molar-refractivity contribution < 1.29 is 29.7 Å². The molecule has 0 radical (unpaired) electrons. The van der Waals surface area contributed by atoms with Crippen LogP contribution in [0, 0.1) is 0 Å². The number of nitrogens with one attached hydrogen (secondary N) is 2. The SMILES string of the molecule is CC(C)(C)c1ccc(-c2cnc(-c3ccc(C[C@H](NC(=O)c4ccc(C(C)(C)C)s4)C(=O)N[C@H](CCC(=O)O)C(O)O)cc3)nc2)cc1. The largest absolute Gasteiger partial charge is 0.481 e. The number of aromatic nitrogens is 2. The van der Waals surface area contributed by atoms with E-state index in [1.165, 1.54) is 16.9 Å². The first-order valence-electron chi connectivity index (χ1n) is 15.8. The smallest absolute Gasteiger partial charge is 0.303 e. The van der Waals surface area contributed by atoms with Crippen molar-refractivity contribution in [1.82, 2.24) is 20.6 Å². The Morgan fingerprint density at radius 1 is 0.771 bits per heavy atom. The highest BCUT2D eigenvalue weighted by Gasteiger charge is 2.28. The van der Waals surface area contributed by atoms with Crippen LogP contribution in [0.1, 0.15) is 80.1 Å². The lowest BCUT2D eigenvalue weighted by molar-refractivity contribution is -0.139. The number of carbonyl (C=O) groups excluding carboxylic acids is 2. The number of hydrogen-bond acceptors (Lipinski definition) is 8. The molecule has 2 amide bonds. The van der Waals surface area contributed by atoms with Gasteiger partial charge in [-0.05, 0) is 46.1 Å². The topological polar surface area (TPSA) is 162 Å². The summed E-state index contributed by atoms with van der Waals surface area (Å²) in [5, 5.41) is 33.9. The molecule has 2 heterocycles. The van der Waals surface area contributed by atoms with E-state index in [0.29, 0.717) is 10.7 Å². The van der Waals surface area contributed by atoms with E-state index in [0.717, 1.165) is 27.1 Å². The minimum Gasteiger partial charge on any atom is -0.481 e. The van der Waals surface area contributed by atoms with Crippen LogP contribution < -0.4 is 10.6 Å². The minimum absolute atomic E-state index is 0.0625. The molecular formula is C37H44N4O6S. The maximum absolute atomic E-state index is 13.4. The van der Waals surface area contributed by atoms with Gasteiger partial charge in [0, 0.05) is 41.2 Å². The Hall–Kier alpha value is -4.45. The highest BCUT2D eigenvalue weighted by molar-refractivity contribution is 7.14. The van der Waals surface area contributed by atoms with Gasteiger partial charge in [0.15, 0.2) is 12.1 Å². The molecule has 5 N–H and O–H groups in total. The highest BCUT2D eigenvalue weighted by atomic mass is 32.1. The van der Waals surface area contributed by atoms with Gasteiger partial charge in [-0.3, -0.25) is 14.4 Å². The number of amides is 2. The van der Waals surface area contributed by atoms with E-state index >= 15 is 0 Å². The van der Waals surface area contributed by atoms with Gasteiger partial charge in [0.2, 0.25) is 5.91 Å². The van der Waals surface area contributed by atoms with Gasteiger partial charge in [-0.2, -0.15) is 0 Å². The Labute approximate surface area is 285 Å². The molecule has 10 nitrogen and oxygen atoms in total. The summed E-state index contributed by atoms with van der Waals surface area (Å²) >= 11 is 1.34. The van der Waals surface area contributed by atoms with Gasteiger partial charge in [-0.1, -0.05) is 90.1 Å². The number of carbonyl (C=O) groups is 3.